The Hall–Kier alpha value is -3.25. The van der Waals surface area contributed by atoms with Crippen molar-refractivity contribution < 1.29 is 22.8 Å². The Kier molecular flexibility index (Phi) is 12.1. The molecule has 0 fully saturated rings. The maximum absolute atomic E-state index is 13.1. The highest BCUT2D eigenvalue weighted by Gasteiger charge is 2.33. The van der Waals surface area contributed by atoms with Crippen molar-refractivity contribution in [1.82, 2.24) is 15.2 Å². The molecule has 42 heavy (non-hydrogen) atoms. The van der Waals surface area contributed by atoms with E-state index >= 15 is 0 Å². The van der Waals surface area contributed by atoms with Gasteiger partial charge in [0, 0.05) is 29.7 Å². The summed E-state index contributed by atoms with van der Waals surface area (Å²) in [6, 6.07) is 15.3. The summed E-state index contributed by atoms with van der Waals surface area (Å²) in [5.74, 6) is -1.08. The van der Waals surface area contributed by atoms with Gasteiger partial charge in [0.2, 0.25) is 0 Å². The van der Waals surface area contributed by atoms with Gasteiger partial charge in [-0.05, 0) is 73.7 Å². The van der Waals surface area contributed by atoms with Gasteiger partial charge in [-0.1, -0.05) is 59.6 Å². The lowest BCUT2D eigenvalue weighted by atomic mass is 10.1. The third-order valence-corrected chi connectivity index (χ3v) is 7.33. The molecule has 3 aromatic rings. The second-order valence-electron chi connectivity index (χ2n) is 9.54. The molecule has 0 bridgehead atoms. The predicted octanol–water partition coefficient (Wildman–Crippen LogP) is 6.91. The molecule has 0 aromatic heterocycles. The average molecular weight is 667 g/mol. The zero-order valence-corrected chi connectivity index (χ0v) is 25.8. The third-order valence-electron chi connectivity index (χ3n) is 6.51. The van der Waals surface area contributed by atoms with Gasteiger partial charge in [0.25, 0.3) is 11.8 Å². The number of alkyl halides is 3. The highest BCUT2D eigenvalue weighted by atomic mass is 79.9. The SMILES string of the molecule is CCN(CC)CCN(C)Cc1ccc(C(=O)Nc2ccc(Br)cc2C(=O)N/N=C\c2ccc(Cl)c(C(F)(F)F)c2)cc1. The Bertz CT molecular complexity index is 1410. The van der Waals surface area contributed by atoms with Crippen molar-refractivity contribution in [2.45, 2.75) is 26.6 Å². The van der Waals surface area contributed by atoms with E-state index in [9.17, 15) is 22.8 Å². The van der Waals surface area contributed by atoms with E-state index in [1.54, 1.807) is 24.3 Å². The number of hydrogen-bond donors (Lipinski definition) is 2. The Morgan fingerprint density at radius 2 is 1.67 bits per heavy atom. The van der Waals surface area contributed by atoms with E-state index in [1.807, 2.05) is 12.1 Å². The molecule has 0 aliphatic heterocycles. The fourth-order valence-electron chi connectivity index (χ4n) is 4.08. The van der Waals surface area contributed by atoms with Crippen molar-refractivity contribution >= 4 is 51.2 Å². The Morgan fingerprint density at radius 3 is 2.31 bits per heavy atom. The zero-order valence-electron chi connectivity index (χ0n) is 23.4. The number of carbonyl (C=O) groups is 2. The summed E-state index contributed by atoms with van der Waals surface area (Å²) < 4.78 is 39.9. The first-order valence-electron chi connectivity index (χ1n) is 13.2. The van der Waals surface area contributed by atoms with Gasteiger partial charge in [0.15, 0.2) is 0 Å². The number of likely N-dealkylation sites (N-methyl/N-ethyl adjacent to an activating group) is 2. The highest BCUT2D eigenvalue weighted by molar-refractivity contribution is 9.10. The largest absolute Gasteiger partial charge is 0.417 e. The van der Waals surface area contributed by atoms with E-state index in [4.69, 9.17) is 11.6 Å². The van der Waals surface area contributed by atoms with Crippen LogP contribution in [-0.4, -0.2) is 61.1 Å². The van der Waals surface area contributed by atoms with E-state index in [0.717, 1.165) is 56.6 Å². The molecule has 7 nitrogen and oxygen atoms in total. The van der Waals surface area contributed by atoms with Crippen LogP contribution in [0.3, 0.4) is 0 Å². The molecular formula is C30H32BrClF3N5O2. The molecule has 0 saturated carbocycles. The fourth-order valence-corrected chi connectivity index (χ4v) is 4.66. The first-order chi connectivity index (χ1) is 19.9. The van der Waals surface area contributed by atoms with Gasteiger partial charge in [0.05, 0.1) is 28.1 Å². The molecule has 0 atom stereocenters. The fraction of sp³-hybridized carbons (Fsp3) is 0.300. The van der Waals surface area contributed by atoms with Crippen LogP contribution in [0.5, 0.6) is 0 Å². The van der Waals surface area contributed by atoms with Gasteiger partial charge in [-0.3, -0.25) is 9.59 Å². The zero-order chi connectivity index (χ0) is 30.9. The molecular weight excluding hydrogens is 635 g/mol. The number of hydrogen-bond acceptors (Lipinski definition) is 5. The van der Waals surface area contributed by atoms with Crippen molar-refractivity contribution in [3.8, 4) is 0 Å². The molecule has 0 aliphatic carbocycles. The molecule has 0 unspecified atom stereocenters. The number of carbonyl (C=O) groups excluding carboxylic acids is 2. The summed E-state index contributed by atoms with van der Waals surface area (Å²) in [7, 11) is 2.06. The Balaban J connectivity index is 1.65. The molecule has 12 heteroatoms. The van der Waals surface area contributed by atoms with Crippen LogP contribution in [-0.2, 0) is 12.7 Å². The monoisotopic (exact) mass is 665 g/mol. The second-order valence-corrected chi connectivity index (χ2v) is 10.9. The number of amides is 2. The van der Waals surface area contributed by atoms with Crippen LogP contribution in [0.4, 0.5) is 18.9 Å². The molecule has 224 valence electrons. The van der Waals surface area contributed by atoms with Gasteiger partial charge < -0.3 is 15.1 Å². The molecule has 0 radical (unpaired) electrons. The predicted molar refractivity (Wildman–Crippen MR) is 164 cm³/mol. The normalized spacial score (nSPS) is 11.9. The minimum absolute atomic E-state index is 0.0910. The molecule has 0 aliphatic rings. The van der Waals surface area contributed by atoms with Crippen molar-refractivity contribution in [3.63, 3.8) is 0 Å². The van der Waals surface area contributed by atoms with Crippen molar-refractivity contribution in [2.75, 3.05) is 38.5 Å². The van der Waals surface area contributed by atoms with Gasteiger partial charge in [0.1, 0.15) is 0 Å². The standard InChI is InChI=1S/C30H32BrClF3N5O2/c1-4-40(5-2)15-14-39(3)19-20-6-9-22(10-7-20)28(41)37-27-13-11-23(31)17-24(27)29(42)38-36-18-21-8-12-26(32)25(16-21)30(33,34)35/h6-13,16-18H,4-5,14-15,19H2,1-3H3,(H,37,41)(H,38,42)/b36-18-. The third kappa shape index (κ3) is 9.65. The van der Waals surface area contributed by atoms with E-state index < -0.39 is 28.6 Å². The molecule has 0 saturated heterocycles. The van der Waals surface area contributed by atoms with Crippen LogP contribution in [0, 0.1) is 0 Å². The molecule has 2 N–H and O–H groups in total. The first-order valence-corrected chi connectivity index (χ1v) is 14.4. The maximum atomic E-state index is 13.1. The van der Waals surface area contributed by atoms with Crippen LogP contribution < -0.4 is 10.7 Å². The minimum Gasteiger partial charge on any atom is -0.321 e. The highest BCUT2D eigenvalue weighted by Crippen LogP contribution is 2.34. The summed E-state index contributed by atoms with van der Waals surface area (Å²) in [6.07, 6.45) is -3.56. The lowest BCUT2D eigenvalue weighted by molar-refractivity contribution is -0.137. The number of benzene rings is 3. The van der Waals surface area contributed by atoms with Gasteiger partial charge >= 0.3 is 6.18 Å². The van der Waals surface area contributed by atoms with Crippen LogP contribution >= 0.6 is 27.5 Å². The van der Waals surface area contributed by atoms with Crippen molar-refractivity contribution in [1.29, 1.82) is 0 Å². The number of hydrazone groups is 1. The molecule has 0 heterocycles. The first kappa shape index (κ1) is 33.3. The van der Waals surface area contributed by atoms with E-state index in [2.05, 4.69) is 62.5 Å². The number of halogens is 5. The van der Waals surface area contributed by atoms with Crippen LogP contribution in [0.2, 0.25) is 5.02 Å². The maximum Gasteiger partial charge on any atom is 0.417 e. The number of anilines is 1. The van der Waals surface area contributed by atoms with Gasteiger partial charge in [-0.15, -0.1) is 0 Å². The molecule has 3 rings (SSSR count). The van der Waals surface area contributed by atoms with E-state index in [-0.39, 0.29) is 16.8 Å². The summed E-state index contributed by atoms with van der Waals surface area (Å²) in [5, 5.41) is 6.09. The average Bonchev–Trinajstić information content (AvgIpc) is 2.95. The Labute approximate surface area is 256 Å². The van der Waals surface area contributed by atoms with Crippen LogP contribution in [0.15, 0.2) is 70.2 Å². The Morgan fingerprint density at radius 1 is 0.976 bits per heavy atom. The number of rotatable bonds is 12. The summed E-state index contributed by atoms with van der Waals surface area (Å²) in [5.41, 5.74) is 3.20. The summed E-state index contributed by atoms with van der Waals surface area (Å²) in [6.45, 7) is 8.97. The van der Waals surface area contributed by atoms with Crippen molar-refractivity contribution in [3.05, 3.63) is 98.0 Å². The smallest absolute Gasteiger partial charge is 0.321 e. The van der Waals surface area contributed by atoms with Gasteiger partial charge in [-0.25, -0.2) is 5.43 Å². The van der Waals surface area contributed by atoms with Crippen LogP contribution in [0.25, 0.3) is 0 Å². The van der Waals surface area contributed by atoms with E-state index in [0.29, 0.717) is 10.0 Å². The summed E-state index contributed by atoms with van der Waals surface area (Å²) >= 11 is 8.96. The number of nitrogens with one attached hydrogen (secondary N) is 2. The topological polar surface area (TPSA) is 77.0 Å². The minimum atomic E-state index is -4.63. The lowest BCUT2D eigenvalue weighted by Gasteiger charge is -2.23. The van der Waals surface area contributed by atoms with Gasteiger partial charge in [-0.2, -0.15) is 18.3 Å². The number of nitrogens with zero attached hydrogens (tertiary/aromatic N) is 3. The van der Waals surface area contributed by atoms with E-state index in [1.165, 1.54) is 12.1 Å². The lowest BCUT2D eigenvalue weighted by Crippen LogP contribution is -2.32. The van der Waals surface area contributed by atoms with Crippen molar-refractivity contribution in [2.24, 2.45) is 5.10 Å². The molecule has 3 aromatic carbocycles. The quantitative estimate of drug-likeness (QED) is 0.163. The molecule has 2 amide bonds. The molecule has 0 spiro atoms. The summed E-state index contributed by atoms with van der Waals surface area (Å²) in [4.78, 5) is 30.5. The second kappa shape index (κ2) is 15.3. The van der Waals surface area contributed by atoms with Crippen LogP contribution in [0.1, 0.15) is 51.3 Å².